The lowest BCUT2D eigenvalue weighted by molar-refractivity contribution is -0.173. The summed E-state index contributed by atoms with van der Waals surface area (Å²) in [4.78, 5) is 30.6. The van der Waals surface area contributed by atoms with Gasteiger partial charge in [0.2, 0.25) is 12.4 Å². The second kappa shape index (κ2) is 7.77. The number of amides is 2. The first kappa shape index (κ1) is 21.0. The van der Waals surface area contributed by atoms with Gasteiger partial charge in [0.25, 0.3) is 5.91 Å². The first-order valence-electron chi connectivity index (χ1n) is 8.38. The number of carbonyl (C=O) groups is 2. The number of nitrogens with zero attached hydrogens (tertiary/aromatic N) is 4. The fourth-order valence-corrected chi connectivity index (χ4v) is 3.20. The Labute approximate surface area is 154 Å². The maximum atomic E-state index is 12.8. The second-order valence-corrected chi connectivity index (χ2v) is 7.38. The van der Waals surface area contributed by atoms with Crippen LogP contribution in [0.15, 0.2) is 12.3 Å². The molecular formula is C16H22F3N5O3. The molecule has 1 aliphatic rings. The van der Waals surface area contributed by atoms with Gasteiger partial charge in [-0.1, -0.05) is 13.8 Å². The summed E-state index contributed by atoms with van der Waals surface area (Å²) in [6.45, 7) is 4.14. The lowest BCUT2D eigenvalue weighted by atomic mass is 9.71. The molecule has 1 atom stereocenters. The average molecular weight is 389 g/mol. The van der Waals surface area contributed by atoms with Gasteiger partial charge in [-0.2, -0.15) is 13.2 Å². The fourth-order valence-electron chi connectivity index (χ4n) is 3.20. The van der Waals surface area contributed by atoms with Gasteiger partial charge in [0, 0.05) is 6.20 Å². The monoisotopic (exact) mass is 389 g/mol. The Hall–Kier alpha value is -2.27. The Morgan fingerprint density at radius 2 is 2.00 bits per heavy atom. The highest BCUT2D eigenvalue weighted by Gasteiger charge is 2.41. The van der Waals surface area contributed by atoms with E-state index in [1.807, 2.05) is 0 Å². The highest BCUT2D eigenvalue weighted by molar-refractivity contribution is 5.95. The zero-order chi connectivity index (χ0) is 20.4. The summed E-state index contributed by atoms with van der Waals surface area (Å²) in [6, 6.07) is -0.687. The Morgan fingerprint density at radius 1 is 1.41 bits per heavy atom. The van der Waals surface area contributed by atoms with Crippen molar-refractivity contribution in [2.75, 3.05) is 5.01 Å². The summed E-state index contributed by atoms with van der Waals surface area (Å²) in [6.07, 6.45) is -1.22. The van der Waals surface area contributed by atoms with Crippen molar-refractivity contribution in [3.05, 3.63) is 18.0 Å². The van der Waals surface area contributed by atoms with E-state index in [0.29, 0.717) is 23.9 Å². The van der Waals surface area contributed by atoms with E-state index in [2.05, 4.69) is 23.8 Å². The molecule has 8 nitrogen and oxygen atoms in total. The molecule has 1 aromatic heterocycles. The summed E-state index contributed by atoms with van der Waals surface area (Å²) in [7, 11) is 0. The van der Waals surface area contributed by atoms with Crippen LogP contribution < -0.4 is 10.9 Å². The number of nitrogens with two attached hydrogens (primary N) is 1. The zero-order valence-corrected chi connectivity index (χ0v) is 15.0. The Morgan fingerprint density at radius 3 is 2.52 bits per heavy atom. The van der Waals surface area contributed by atoms with Crippen LogP contribution in [0.1, 0.15) is 45.2 Å². The number of carbonyl (C=O) groups excluding carboxylic acids is 2. The van der Waals surface area contributed by atoms with Crippen molar-refractivity contribution in [3.8, 4) is 0 Å². The van der Waals surface area contributed by atoms with Crippen molar-refractivity contribution < 1.29 is 28.0 Å². The van der Waals surface area contributed by atoms with Crippen LogP contribution in [0.3, 0.4) is 0 Å². The third-order valence-corrected chi connectivity index (χ3v) is 4.86. The van der Waals surface area contributed by atoms with Gasteiger partial charge in [-0.05, 0) is 43.1 Å². The van der Waals surface area contributed by atoms with E-state index < -0.39 is 35.7 Å². The lowest BCUT2D eigenvalue weighted by Crippen LogP contribution is -2.55. The molecule has 150 valence electrons. The van der Waals surface area contributed by atoms with E-state index in [4.69, 9.17) is 5.84 Å². The minimum Gasteiger partial charge on any atom is -0.285 e. The van der Waals surface area contributed by atoms with Crippen LogP contribution in [0.25, 0.3) is 0 Å². The van der Waals surface area contributed by atoms with Crippen LogP contribution in [-0.2, 0) is 15.8 Å². The molecule has 1 heterocycles. The van der Waals surface area contributed by atoms with E-state index in [0.717, 1.165) is 19.0 Å². The summed E-state index contributed by atoms with van der Waals surface area (Å²) in [5.41, 5.74) is -1.19. The molecule has 1 fully saturated rings. The number of halogens is 3. The molecule has 2 amide bonds. The van der Waals surface area contributed by atoms with Gasteiger partial charge in [0.15, 0.2) is 0 Å². The zero-order valence-electron chi connectivity index (χ0n) is 15.0. The van der Waals surface area contributed by atoms with Gasteiger partial charge in [-0.3, -0.25) is 14.8 Å². The third-order valence-electron chi connectivity index (χ3n) is 4.86. The molecule has 2 rings (SSSR count). The van der Waals surface area contributed by atoms with Crippen LogP contribution in [0, 0.1) is 11.3 Å². The maximum Gasteiger partial charge on any atom is 0.433 e. The average Bonchev–Trinajstić information content (AvgIpc) is 2.61. The molecule has 0 aromatic carbocycles. The number of rotatable bonds is 5. The van der Waals surface area contributed by atoms with Crippen LogP contribution in [0.4, 0.5) is 19.1 Å². The largest absolute Gasteiger partial charge is 0.433 e. The van der Waals surface area contributed by atoms with Gasteiger partial charge < -0.3 is 0 Å². The van der Waals surface area contributed by atoms with Crippen LogP contribution >= 0.6 is 0 Å². The number of hydroxylamine groups is 2. The topological polar surface area (TPSA) is 113 Å². The Balaban J connectivity index is 2.26. The molecular weight excluding hydrogens is 367 g/mol. The predicted molar refractivity (Wildman–Crippen MR) is 87.9 cm³/mol. The number of hydrogen-bond donors (Lipinski definition) is 2. The lowest BCUT2D eigenvalue weighted by Gasteiger charge is -2.39. The summed E-state index contributed by atoms with van der Waals surface area (Å²) in [5.74, 6) is 3.62. The molecule has 1 saturated carbocycles. The molecule has 0 spiro atoms. The van der Waals surface area contributed by atoms with Gasteiger partial charge in [-0.15, -0.1) is 0 Å². The standard InChI is InChI=1S/C16H22F3N5O3/c1-15(2)6-3-10(4-7-15)12(23(27)9-25)13(26)24(20)14-21-8-5-11(22-14)16(17,18)19/h5,8-10,12,27H,3-4,6-7,20H2,1-2H3. The molecule has 1 aliphatic carbocycles. The molecule has 0 aliphatic heterocycles. The van der Waals surface area contributed by atoms with Crippen molar-refractivity contribution in [3.63, 3.8) is 0 Å². The van der Waals surface area contributed by atoms with E-state index in [1.54, 1.807) is 0 Å². The highest BCUT2D eigenvalue weighted by atomic mass is 19.4. The van der Waals surface area contributed by atoms with Gasteiger partial charge in [-0.25, -0.2) is 25.9 Å². The number of aromatic nitrogens is 2. The number of anilines is 1. The highest BCUT2D eigenvalue weighted by Crippen LogP contribution is 2.40. The molecule has 3 N–H and O–H groups in total. The molecule has 27 heavy (non-hydrogen) atoms. The van der Waals surface area contributed by atoms with Gasteiger partial charge in [0.05, 0.1) is 0 Å². The quantitative estimate of drug-likeness (QED) is 0.262. The molecule has 1 unspecified atom stereocenters. The molecule has 1 aromatic rings. The first-order valence-corrected chi connectivity index (χ1v) is 8.38. The van der Waals surface area contributed by atoms with E-state index in [1.165, 1.54) is 0 Å². The van der Waals surface area contributed by atoms with Crippen molar-refractivity contribution in [1.29, 1.82) is 0 Å². The fraction of sp³-hybridized carbons (Fsp3) is 0.625. The molecule has 11 heteroatoms. The van der Waals surface area contributed by atoms with Crippen molar-refractivity contribution >= 4 is 18.3 Å². The van der Waals surface area contributed by atoms with Crippen LogP contribution in [0.2, 0.25) is 0 Å². The molecule has 0 saturated heterocycles. The summed E-state index contributed by atoms with van der Waals surface area (Å²) < 4.78 is 38.4. The third kappa shape index (κ3) is 4.92. The minimum absolute atomic E-state index is 0.0676. The predicted octanol–water partition coefficient (Wildman–Crippen LogP) is 2.13. The number of alkyl halides is 3. The number of hydrazine groups is 1. The van der Waals surface area contributed by atoms with Crippen molar-refractivity contribution in [1.82, 2.24) is 15.0 Å². The SMILES string of the molecule is CC1(C)CCC(C(C(=O)N(N)c2nccc(C(F)(F)F)n2)N(O)C=O)CC1. The maximum absolute atomic E-state index is 12.8. The Bertz CT molecular complexity index is 688. The second-order valence-electron chi connectivity index (χ2n) is 7.38. The van der Waals surface area contributed by atoms with Crippen molar-refractivity contribution in [2.45, 2.75) is 51.7 Å². The van der Waals surface area contributed by atoms with E-state index in [9.17, 15) is 28.0 Å². The van der Waals surface area contributed by atoms with Gasteiger partial charge >= 0.3 is 6.18 Å². The Kier molecular flexibility index (Phi) is 6.05. The van der Waals surface area contributed by atoms with Gasteiger partial charge in [0.1, 0.15) is 11.7 Å². The van der Waals surface area contributed by atoms with E-state index in [-0.39, 0.29) is 16.9 Å². The molecule has 0 radical (unpaired) electrons. The molecule has 0 bridgehead atoms. The summed E-state index contributed by atoms with van der Waals surface area (Å²) in [5, 5.41) is 10.4. The van der Waals surface area contributed by atoms with E-state index >= 15 is 0 Å². The minimum atomic E-state index is -4.73. The van der Waals surface area contributed by atoms with Crippen LogP contribution in [-0.4, -0.2) is 38.6 Å². The first-order chi connectivity index (χ1) is 12.5. The smallest absolute Gasteiger partial charge is 0.285 e. The summed E-state index contributed by atoms with van der Waals surface area (Å²) >= 11 is 0. The van der Waals surface area contributed by atoms with Crippen molar-refractivity contribution in [2.24, 2.45) is 17.2 Å². The van der Waals surface area contributed by atoms with Crippen LogP contribution in [0.5, 0.6) is 0 Å². The number of hydrogen-bond acceptors (Lipinski definition) is 6. The normalized spacial score (nSPS) is 18.6.